The second-order valence-corrected chi connectivity index (χ2v) is 7.40. The normalized spacial score (nSPS) is 11.4. The van der Waals surface area contributed by atoms with Gasteiger partial charge >= 0.3 is 0 Å². The third-order valence-electron chi connectivity index (χ3n) is 3.82. The van der Waals surface area contributed by atoms with E-state index in [1.54, 1.807) is 26.0 Å². The predicted molar refractivity (Wildman–Crippen MR) is 94.3 cm³/mol. The summed E-state index contributed by atoms with van der Waals surface area (Å²) in [6.07, 6.45) is 0. The number of hydrogen-bond donors (Lipinski definition) is 1. The van der Waals surface area contributed by atoms with Crippen LogP contribution in [0.2, 0.25) is 0 Å². The molecule has 3 aromatic rings. The summed E-state index contributed by atoms with van der Waals surface area (Å²) in [5.74, 6) is 0. The number of sulfonamides is 1. The molecule has 0 atom stereocenters. The molecule has 0 saturated carbocycles. The lowest BCUT2D eigenvalue weighted by molar-refractivity contribution is 0.589. The van der Waals surface area contributed by atoms with Crippen molar-refractivity contribution in [2.24, 2.45) is 0 Å². The number of aromatic nitrogens is 2. The molecule has 0 radical (unpaired) electrons. The molecule has 0 saturated heterocycles. The number of aryl methyl sites for hydroxylation is 2. The van der Waals surface area contributed by atoms with Crippen LogP contribution in [0.25, 0.3) is 0 Å². The maximum atomic E-state index is 13.3. The Labute approximate surface area is 142 Å². The minimum atomic E-state index is -3.73. The largest absolute Gasteiger partial charge is 0.281 e. The molecular formula is C18H19N3O2S. The maximum absolute atomic E-state index is 13.3. The van der Waals surface area contributed by atoms with E-state index in [4.69, 9.17) is 0 Å². The van der Waals surface area contributed by atoms with Crippen LogP contribution in [0.5, 0.6) is 0 Å². The van der Waals surface area contributed by atoms with Gasteiger partial charge in [-0.05, 0) is 31.5 Å². The molecule has 1 N–H and O–H groups in total. The standard InChI is InChI=1S/C18H19N3O2S/c1-14-18(15(2)20-19-14)24(22,23)21(17-11-7-4-8-12-17)13-16-9-5-3-6-10-16/h3-12H,13H2,1-2H3,(H,19,20). The van der Waals surface area contributed by atoms with E-state index in [9.17, 15) is 8.42 Å². The van der Waals surface area contributed by atoms with E-state index in [0.717, 1.165) is 5.56 Å². The number of nitrogens with one attached hydrogen (secondary N) is 1. The Kier molecular flexibility index (Phi) is 4.40. The van der Waals surface area contributed by atoms with Gasteiger partial charge in [0.25, 0.3) is 10.0 Å². The Balaban J connectivity index is 2.11. The lowest BCUT2D eigenvalue weighted by atomic mass is 10.2. The molecule has 2 aromatic carbocycles. The zero-order chi connectivity index (χ0) is 17.2. The third kappa shape index (κ3) is 3.05. The first-order valence-corrected chi connectivity index (χ1v) is 9.07. The van der Waals surface area contributed by atoms with Gasteiger partial charge in [0.05, 0.1) is 23.6 Å². The molecule has 1 heterocycles. The number of benzene rings is 2. The number of aromatic amines is 1. The van der Waals surface area contributed by atoms with Gasteiger partial charge in [0.1, 0.15) is 4.90 Å². The smallest absolute Gasteiger partial charge is 0.268 e. The van der Waals surface area contributed by atoms with Crippen LogP contribution < -0.4 is 4.31 Å². The average Bonchev–Trinajstić information content (AvgIpc) is 2.93. The van der Waals surface area contributed by atoms with Gasteiger partial charge in [-0.3, -0.25) is 9.40 Å². The quantitative estimate of drug-likeness (QED) is 0.773. The molecule has 1 aromatic heterocycles. The van der Waals surface area contributed by atoms with Gasteiger partial charge < -0.3 is 0 Å². The van der Waals surface area contributed by atoms with Crippen LogP contribution in [0.4, 0.5) is 5.69 Å². The molecule has 124 valence electrons. The fraction of sp³-hybridized carbons (Fsp3) is 0.167. The van der Waals surface area contributed by atoms with E-state index in [1.165, 1.54) is 4.31 Å². The second kappa shape index (κ2) is 6.49. The molecule has 0 aliphatic rings. The van der Waals surface area contributed by atoms with E-state index in [-0.39, 0.29) is 11.4 Å². The number of H-pyrrole nitrogens is 1. The van der Waals surface area contributed by atoms with Crippen LogP contribution in [0.1, 0.15) is 17.0 Å². The minimum absolute atomic E-state index is 0.238. The van der Waals surface area contributed by atoms with Gasteiger partial charge in [-0.25, -0.2) is 8.42 Å². The van der Waals surface area contributed by atoms with Gasteiger partial charge in [0.15, 0.2) is 0 Å². The maximum Gasteiger partial charge on any atom is 0.268 e. The average molecular weight is 341 g/mol. The number of nitrogens with zero attached hydrogens (tertiary/aromatic N) is 2. The summed E-state index contributed by atoms with van der Waals surface area (Å²) in [5, 5.41) is 6.79. The summed E-state index contributed by atoms with van der Waals surface area (Å²) in [4.78, 5) is 0.238. The molecular weight excluding hydrogens is 322 g/mol. The molecule has 24 heavy (non-hydrogen) atoms. The van der Waals surface area contributed by atoms with Gasteiger partial charge in [0, 0.05) is 0 Å². The van der Waals surface area contributed by atoms with Crippen LogP contribution >= 0.6 is 0 Å². The van der Waals surface area contributed by atoms with Crippen molar-refractivity contribution in [1.29, 1.82) is 0 Å². The van der Waals surface area contributed by atoms with E-state index in [2.05, 4.69) is 10.2 Å². The van der Waals surface area contributed by atoms with Gasteiger partial charge in [-0.2, -0.15) is 5.10 Å². The Bertz CT molecular complexity index is 900. The van der Waals surface area contributed by atoms with Crippen LogP contribution in [-0.4, -0.2) is 18.6 Å². The zero-order valence-corrected chi connectivity index (χ0v) is 14.4. The number of anilines is 1. The van der Waals surface area contributed by atoms with Crippen molar-refractivity contribution >= 4 is 15.7 Å². The van der Waals surface area contributed by atoms with Crippen LogP contribution in [0.3, 0.4) is 0 Å². The summed E-state index contributed by atoms with van der Waals surface area (Å²) in [6, 6.07) is 18.7. The van der Waals surface area contributed by atoms with E-state index in [0.29, 0.717) is 17.1 Å². The third-order valence-corrected chi connectivity index (χ3v) is 5.86. The fourth-order valence-electron chi connectivity index (χ4n) is 2.69. The number of para-hydroxylation sites is 1. The summed E-state index contributed by atoms with van der Waals surface area (Å²) < 4.78 is 28.0. The van der Waals surface area contributed by atoms with Crippen molar-refractivity contribution in [1.82, 2.24) is 10.2 Å². The molecule has 0 spiro atoms. The Morgan fingerprint density at radius 2 is 1.54 bits per heavy atom. The fourth-order valence-corrected chi connectivity index (χ4v) is 4.48. The summed E-state index contributed by atoms with van der Waals surface area (Å²) in [5.41, 5.74) is 2.56. The van der Waals surface area contributed by atoms with E-state index >= 15 is 0 Å². The van der Waals surface area contributed by atoms with Crippen molar-refractivity contribution in [3.05, 3.63) is 77.6 Å². The van der Waals surface area contributed by atoms with Crippen LogP contribution in [0, 0.1) is 13.8 Å². The molecule has 6 heteroatoms. The van der Waals surface area contributed by atoms with Gasteiger partial charge in [0.2, 0.25) is 0 Å². The molecule has 0 fully saturated rings. The predicted octanol–water partition coefficient (Wildman–Crippen LogP) is 3.42. The van der Waals surface area contributed by atoms with E-state index in [1.807, 2.05) is 48.5 Å². The number of rotatable bonds is 5. The summed E-state index contributed by atoms with van der Waals surface area (Å²) in [6.45, 7) is 3.68. The van der Waals surface area contributed by atoms with Crippen LogP contribution in [0.15, 0.2) is 65.6 Å². The molecule has 0 amide bonds. The van der Waals surface area contributed by atoms with Crippen molar-refractivity contribution in [2.75, 3.05) is 4.31 Å². The first-order chi connectivity index (χ1) is 11.5. The van der Waals surface area contributed by atoms with Crippen molar-refractivity contribution in [3.63, 3.8) is 0 Å². The molecule has 0 aliphatic heterocycles. The molecule has 0 unspecified atom stereocenters. The first-order valence-electron chi connectivity index (χ1n) is 7.63. The summed E-state index contributed by atoms with van der Waals surface area (Å²) in [7, 11) is -3.73. The highest BCUT2D eigenvalue weighted by atomic mass is 32.2. The second-order valence-electron chi connectivity index (χ2n) is 5.60. The zero-order valence-electron chi connectivity index (χ0n) is 13.6. The summed E-state index contributed by atoms with van der Waals surface area (Å²) >= 11 is 0. The topological polar surface area (TPSA) is 66.1 Å². The monoisotopic (exact) mass is 341 g/mol. The van der Waals surface area contributed by atoms with Gasteiger partial charge in [-0.15, -0.1) is 0 Å². The van der Waals surface area contributed by atoms with Crippen molar-refractivity contribution < 1.29 is 8.42 Å². The highest BCUT2D eigenvalue weighted by Crippen LogP contribution is 2.28. The molecule has 0 aliphatic carbocycles. The SMILES string of the molecule is Cc1n[nH]c(C)c1S(=O)(=O)N(Cc1ccccc1)c1ccccc1. The molecule has 0 bridgehead atoms. The van der Waals surface area contributed by atoms with Crippen molar-refractivity contribution in [3.8, 4) is 0 Å². The highest BCUT2D eigenvalue weighted by Gasteiger charge is 2.30. The Hall–Kier alpha value is -2.60. The minimum Gasteiger partial charge on any atom is -0.281 e. The van der Waals surface area contributed by atoms with Crippen molar-refractivity contribution in [2.45, 2.75) is 25.3 Å². The van der Waals surface area contributed by atoms with Gasteiger partial charge in [-0.1, -0.05) is 48.5 Å². The Morgan fingerprint density at radius 3 is 2.08 bits per heavy atom. The lowest BCUT2D eigenvalue weighted by Crippen LogP contribution is -2.31. The lowest BCUT2D eigenvalue weighted by Gasteiger charge is -2.24. The van der Waals surface area contributed by atoms with E-state index < -0.39 is 10.0 Å². The molecule has 5 nitrogen and oxygen atoms in total. The van der Waals surface area contributed by atoms with Crippen LogP contribution in [-0.2, 0) is 16.6 Å². The number of hydrogen-bond acceptors (Lipinski definition) is 3. The highest BCUT2D eigenvalue weighted by molar-refractivity contribution is 7.92. The molecule has 3 rings (SSSR count). The first kappa shape index (κ1) is 16.3. The Morgan fingerprint density at radius 1 is 0.958 bits per heavy atom.